The summed E-state index contributed by atoms with van der Waals surface area (Å²) in [4.78, 5) is 12.9. The normalized spacial score (nSPS) is 15.5. The van der Waals surface area contributed by atoms with Gasteiger partial charge < -0.3 is 10.0 Å². The van der Waals surface area contributed by atoms with Gasteiger partial charge in [0.25, 0.3) is 0 Å². The number of halogens is 1. The number of carbonyl (C=O) groups is 1. The van der Waals surface area contributed by atoms with Crippen molar-refractivity contribution < 1.29 is 9.90 Å². The van der Waals surface area contributed by atoms with Crippen LogP contribution in [0.2, 0.25) is 5.02 Å². The molecule has 0 aromatic heterocycles. The number of aliphatic carboxylic acids is 1. The van der Waals surface area contributed by atoms with Crippen LogP contribution in [0.4, 0.5) is 0 Å². The summed E-state index contributed by atoms with van der Waals surface area (Å²) in [6.45, 7) is 2.28. The molecule has 0 bridgehead atoms. The van der Waals surface area contributed by atoms with Gasteiger partial charge in [-0.15, -0.1) is 0 Å². The number of hydrogen-bond donors (Lipinski definition) is 1. The van der Waals surface area contributed by atoms with Crippen LogP contribution < -0.4 is 0 Å². The summed E-state index contributed by atoms with van der Waals surface area (Å²) < 4.78 is 0. The van der Waals surface area contributed by atoms with Gasteiger partial charge in [-0.05, 0) is 35.2 Å². The van der Waals surface area contributed by atoms with E-state index in [1.807, 2.05) is 24.3 Å². The first-order chi connectivity index (χ1) is 10.6. The number of rotatable bonds is 5. The summed E-state index contributed by atoms with van der Waals surface area (Å²) in [6, 6.07) is 16.3. The van der Waals surface area contributed by atoms with Gasteiger partial charge in [0.15, 0.2) is 0 Å². The van der Waals surface area contributed by atoms with Gasteiger partial charge in [-0.25, -0.2) is 0 Å². The van der Waals surface area contributed by atoms with Gasteiger partial charge in [0.1, 0.15) is 0 Å². The molecule has 0 spiro atoms. The summed E-state index contributed by atoms with van der Waals surface area (Å²) in [7, 11) is 0. The third kappa shape index (κ3) is 3.49. The molecule has 1 fully saturated rings. The van der Waals surface area contributed by atoms with Gasteiger partial charge in [-0.2, -0.15) is 0 Å². The fourth-order valence-corrected chi connectivity index (χ4v) is 2.83. The molecular weight excluding hydrogens is 298 g/mol. The summed E-state index contributed by atoms with van der Waals surface area (Å²) in [5.74, 6) is -0.851. The second-order valence-corrected chi connectivity index (χ2v) is 6.18. The zero-order valence-corrected chi connectivity index (χ0v) is 13.0. The van der Waals surface area contributed by atoms with E-state index in [1.165, 1.54) is 11.1 Å². The first kappa shape index (κ1) is 15.1. The third-order valence-electron chi connectivity index (χ3n) is 4.15. The van der Waals surface area contributed by atoms with Gasteiger partial charge in [0.2, 0.25) is 0 Å². The molecule has 0 saturated carbocycles. The van der Waals surface area contributed by atoms with Crippen LogP contribution in [0, 0.1) is 5.92 Å². The Labute approximate surface area is 135 Å². The van der Waals surface area contributed by atoms with Crippen LogP contribution in [-0.2, 0) is 11.2 Å². The largest absolute Gasteiger partial charge is 0.481 e. The predicted octanol–water partition coefficient (Wildman–Crippen LogP) is 3.57. The van der Waals surface area contributed by atoms with Crippen LogP contribution in [-0.4, -0.2) is 35.6 Å². The molecule has 0 atom stereocenters. The molecule has 3 rings (SSSR count). The fourth-order valence-electron chi connectivity index (χ4n) is 2.70. The van der Waals surface area contributed by atoms with Crippen molar-refractivity contribution in [3.05, 3.63) is 59.1 Å². The van der Waals surface area contributed by atoms with Crippen LogP contribution in [0.5, 0.6) is 0 Å². The molecule has 1 aliphatic rings. The maximum absolute atomic E-state index is 10.8. The van der Waals surface area contributed by atoms with E-state index in [0.29, 0.717) is 13.1 Å². The fraction of sp³-hybridized carbons (Fsp3) is 0.278. The quantitative estimate of drug-likeness (QED) is 0.917. The number of benzene rings is 2. The van der Waals surface area contributed by atoms with E-state index in [0.717, 1.165) is 23.6 Å². The lowest BCUT2D eigenvalue weighted by Gasteiger charge is -2.36. The molecule has 114 valence electrons. The highest BCUT2D eigenvalue weighted by Crippen LogP contribution is 2.22. The molecule has 0 unspecified atom stereocenters. The molecule has 1 heterocycles. The van der Waals surface area contributed by atoms with E-state index in [9.17, 15) is 4.79 Å². The van der Waals surface area contributed by atoms with Crippen molar-refractivity contribution in [2.45, 2.75) is 6.42 Å². The first-order valence-electron chi connectivity index (χ1n) is 7.42. The predicted molar refractivity (Wildman–Crippen MR) is 88.2 cm³/mol. The summed E-state index contributed by atoms with van der Waals surface area (Å²) in [5.41, 5.74) is 3.61. The lowest BCUT2D eigenvalue weighted by Crippen LogP contribution is -2.50. The summed E-state index contributed by atoms with van der Waals surface area (Å²) in [6.07, 6.45) is 0.952. The highest BCUT2D eigenvalue weighted by Gasteiger charge is 2.31. The average Bonchev–Trinajstić information content (AvgIpc) is 2.47. The first-order valence-corrected chi connectivity index (χ1v) is 7.79. The number of hydrogen-bond acceptors (Lipinski definition) is 2. The van der Waals surface area contributed by atoms with Crippen LogP contribution in [0.25, 0.3) is 11.1 Å². The number of carboxylic acid groups (broad SMARTS) is 1. The van der Waals surface area contributed by atoms with Crippen molar-refractivity contribution in [2.75, 3.05) is 19.6 Å². The molecule has 2 aromatic rings. The minimum absolute atomic E-state index is 0.174. The molecule has 1 saturated heterocycles. The lowest BCUT2D eigenvalue weighted by atomic mass is 9.99. The molecule has 1 N–H and O–H groups in total. The number of carboxylic acids is 1. The Balaban J connectivity index is 1.54. The zero-order chi connectivity index (χ0) is 15.5. The smallest absolute Gasteiger partial charge is 0.309 e. The second kappa shape index (κ2) is 6.51. The average molecular weight is 316 g/mol. The van der Waals surface area contributed by atoms with Gasteiger partial charge in [0.05, 0.1) is 5.92 Å². The topological polar surface area (TPSA) is 40.5 Å². The summed E-state index contributed by atoms with van der Waals surface area (Å²) >= 11 is 5.90. The van der Waals surface area contributed by atoms with Gasteiger partial charge in [-0.3, -0.25) is 4.79 Å². The van der Waals surface area contributed by atoms with Gasteiger partial charge in [0, 0.05) is 24.7 Å². The maximum Gasteiger partial charge on any atom is 0.309 e. The standard InChI is InChI=1S/C18H18ClNO2/c19-17-7-5-15(6-8-17)14-3-1-13(2-4-14)9-10-20-11-16(12-20)18(21)22/h1-8,16H,9-12H2,(H,21,22). The minimum atomic E-state index is -0.677. The maximum atomic E-state index is 10.8. The molecular formula is C18H18ClNO2. The molecule has 4 heteroatoms. The molecule has 3 nitrogen and oxygen atoms in total. The van der Waals surface area contributed by atoms with E-state index in [4.69, 9.17) is 16.7 Å². The number of nitrogens with zero attached hydrogens (tertiary/aromatic N) is 1. The van der Waals surface area contributed by atoms with Crippen molar-refractivity contribution in [1.82, 2.24) is 4.90 Å². The lowest BCUT2D eigenvalue weighted by molar-refractivity contribution is -0.147. The minimum Gasteiger partial charge on any atom is -0.481 e. The summed E-state index contributed by atoms with van der Waals surface area (Å²) in [5, 5.41) is 9.60. The van der Waals surface area contributed by atoms with E-state index in [2.05, 4.69) is 29.2 Å². The van der Waals surface area contributed by atoms with Crippen molar-refractivity contribution in [1.29, 1.82) is 0 Å². The van der Waals surface area contributed by atoms with Crippen molar-refractivity contribution >= 4 is 17.6 Å². The SMILES string of the molecule is O=C(O)C1CN(CCc2ccc(-c3ccc(Cl)cc3)cc2)C1. The monoisotopic (exact) mass is 315 g/mol. The Morgan fingerprint density at radius 3 is 2.14 bits per heavy atom. The van der Waals surface area contributed by atoms with E-state index < -0.39 is 5.97 Å². The van der Waals surface area contributed by atoms with Crippen LogP contribution in [0.3, 0.4) is 0 Å². The highest BCUT2D eigenvalue weighted by atomic mass is 35.5. The number of likely N-dealkylation sites (tertiary alicyclic amines) is 1. The van der Waals surface area contributed by atoms with Gasteiger partial charge in [-0.1, -0.05) is 48.0 Å². The Hall–Kier alpha value is -1.84. The Kier molecular flexibility index (Phi) is 4.46. The van der Waals surface area contributed by atoms with Crippen molar-refractivity contribution in [2.24, 2.45) is 5.92 Å². The molecule has 0 radical (unpaired) electrons. The molecule has 1 aliphatic heterocycles. The van der Waals surface area contributed by atoms with Crippen LogP contribution in [0.1, 0.15) is 5.56 Å². The highest BCUT2D eigenvalue weighted by molar-refractivity contribution is 6.30. The molecule has 0 aliphatic carbocycles. The third-order valence-corrected chi connectivity index (χ3v) is 4.41. The zero-order valence-electron chi connectivity index (χ0n) is 12.2. The molecule has 2 aromatic carbocycles. The van der Waals surface area contributed by atoms with Crippen LogP contribution in [0.15, 0.2) is 48.5 Å². The van der Waals surface area contributed by atoms with Crippen molar-refractivity contribution in [3.8, 4) is 11.1 Å². The van der Waals surface area contributed by atoms with Gasteiger partial charge >= 0.3 is 5.97 Å². The molecule has 0 amide bonds. The van der Waals surface area contributed by atoms with E-state index in [1.54, 1.807) is 0 Å². The van der Waals surface area contributed by atoms with E-state index in [-0.39, 0.29) is 5.92 Å². The Bertz CT molecular complexity index is 646. The molecule has 22 heavy (non-hydrogen) atoms. The van der Waals surface area contributed by atoms with Crippen LogP contribution >= 0.6 is 11.6 Å². The van der Waals surface area contributed by atoms with E-state index >= 15 is 0 Å². The Morgan fingerprint density at radius 2 is 1.59 bits per heavy atom. The Morgan fingerprint density at radius 1 is 1.05 bits per heavy atom. The second-order valence-electron chi connectivity index (χ2n) is 5.75. The van der Waals surface area contributed by atoms with Crippen molar-refractivity contribution in [3.63, 3.8) is 0 Å².